The molecule has 5 nitrogen and oxygen atoms in total. The van der Waals surface area contributed by atoms with E-state index >= 15 is 0 Å². The van der Waals surface area contributed by atoms with Crippen molar-refractivity contribution >= 4 is 17.5 Å². The van der Waals surface area contributed by atoms with E-state index < -0.39 is 0 Å². The first kappa shape index (κ1) is 18.5. The molecule has 132 valence electrons. The average Bonchev–Trinajstić information content (AvgIpc) is 2.60. The predicted molar refractivity (Wildman–Crippen MR) is 96.9 cm³/mol. The van der Waals surface area contributed by atoms with Gasteiger partial charge in [-0.15, -0.1) is 0 Å². The summed E-state index contributed by atoms with van der Waals surface area (Å²) in [5.74, 6) is 0.277. The molecule has 2 amide bonds. The molecule has 1 fully saturated rings. The number of carbonyl (C=O) groups is 2. The molecule has 1 aromatic carbocycles. The average molecular weight is 331 g/mol. The minimum absolute atomic E-state index is 0.0183. The van der Waals surface area contributed by atoms with Gasteiger partial charge in [-0.1, -0.05) is 32.0 Å². The summed E-state index contributed by atoms with van der Waals surface area (Å²) in [6.07, 6.45) is 3.52. The summed E-state index contributed by atoms with van der Waals surface area (Å²) in [7, 11) is 0. The molecule has 0 unspecified atom stereocenters. The minimum atomic E-state index is 0.0183. The fourth-order valence-corrected chi connectivity index (χ4v) is 3.09. The summed E-state index contributed by atoms with van der Waals surface area (Å²) in [6, 6.07) is 7.91. The summed E-state index contributed by atoms with van der Waals surface area (Å²) in [4.78, 5) is 26.4. The molecule has 1 heterocycles. The van der Waals surface area contributed by atoms with Crippen LogP contribution in [0.5, 0.6) is 0 Å². The lowest BCUT2D eigenvalue weighted by Gasteiger charge is -2.30. The van der Waals surface area contributed by atoms with Gasteiger partial charge in [-0.25, -0.2) is 0 Å². The summed E-state index contributed by atoms with van der Waals surface area (Å²) < 4.78 is 0. The Morgan fingerprint density at radius 1 is 1.17 bits per heavy atom. The Bertz CT molecular complexity index is 551. The standard InChI is InChI=1S/C19H29N3O2/c1-3-11-20-19(24)16-9-12-22(13-10-16)14-18(23)21-17-8-6-5-7-15(17)4-2/h5-8,16H,3-4,9-14H2,1-2H3,(H,20,24)(H,21,23). The van der Waals surface area contributed by atoms with Crippen molar-refractivity contribution in [2.45, 2.75) is 39.5 Å². The Hall–Kier alpha value is -1.88. The van der Waals surface area contributed by atoms with Crippen molar-refractivity contribution in [2.75, 3.05) is 31.5 Å². The maximum Gasteiger partial charge on any atom is 0.238 e. The lowest BCUT2D eigenvalue weighted by atomic mass is 9.96. The molecule has 5 heteroatoms. The van der Waals surface area contributed by atoms with Gasteiger partial charge >= 0.3 is 0 Å². The van der Waals surface area contributed by atoms with Crippen LogP contribution in [0.25, 0.3) is 0 Å². The Morgan fingerprint density at radius 2 is 1.88 bits per heavy atom. The largest absolute Gasteiger partial charge is 0.356 e. The Labute approximate surface area is 144 Å². The lowest BCUT2D eigenvalue weighted by Crippen LogP contribution is -2.43. The van der Waals surface area contributed by atoms with Gasteiger partial charge in [-0.05, 0) is 50.4 Å². The van der Waals surface area contributed by atoms with Gasteiger partial charge in [0.1, 0.15) is 0 Å². The first-order chi connectivity index (χ1) is 11.6. The SMILES string of the molecule is CCCNC(=O)C1CCN(CC(=O)Nc2ccccc2CC)CC1. The number of anilines is 1. The highest BCUT2D eigenvalue weighted by Gasteiger charge is 2.25. The van der Waals surface area contributed by atoms with Gasteiger partial charge in [-0.3, -0.25) is 14.5 Å². The third kappa shape index (κ3) is 5.34. The van der Waals surface area contributed by atoms with E-state index in [1.54, 1.807) is 0 Å². The highest BCUT2D eigenvalue weighted by molar-refractivity contribution is 5.93. The van der Waals surface area contributed by atoms with E-state index in [0.29, 0.717) is 6.54 Å². The number of nitrogens with one attached hydrogen (secondary N) is 2. The van der Waals surface area contributed by atoms with Gasteiger partial charge in [0, 0.05) is 18.2 Å². The van der Waals surface area contributed by atoms with Gasteiger partial charge in [0.15, 0.2) is 0 Å². The fraction of sp³-hybridized carbons (Fsp3) is 0.579. The van der Waals surface area contributed by atoms with E-state index in [1.807, 2.05) is 24.3 Å². The van der Waals surface area contributed by atoms with Gasteiger partial charge in [0.05, 0.1) is 6.54 Å². The molecule has 1 aliphatic rings. The van der Waals surface area contributed by atoms with Crippen LogP contribution in [0.15, 0.2) is 24.3 Å². The van der Waals surface area contributed by atoms with E-state index in [0.717, 1.165) is 56.6 Å². The number of para-hydroxylation sites is 1. The number of benzene rings is 1. The molecule has 2 N–H and O–H groups in total. The van der Waals surface area contributed by atoms with E-state index in [1.165, 1.54) is 0 Å². The summed E-state index contributed by atoms with van der Waals surface area (Å²) >= 11 is 0. The third-order valence-electron chi connectivity index (χ3n) is 4.55. The van der Waals surface area contributed by atoms with Gasteiger partial charge in [-0.2, -0.15) is 0 Å². The highest BCUT2D eigenvalue weighted by Crippen LogP contribution is 2.18. The molecule has 24 heavy (non-hydrogen) atoms. The second-order valence-corrected chi connectivity index (χ2v) is 6.40. The van der Waals surface area contributed by atoms with E-state index in [9.17, 15) is 9.59 Å². The fourth-order valence-electron chi connectivity index (χ4n) is 3.09. The number of aryl methyl sites for hydroxylation is 1. The number of carbonyl (C=O) groups excluding carboxylic acids is 2. The number of nitrogens with zero attached hydrogens (tertiary/aromatic N) is 1. The van der Waals surface area contributed by atoms with Gasteiger partial charge < -0.3 is 10.6 Å². The first-order valence-corrected chi connectivity index (χ1v) is 9.01. The van der Waals surface area contributed by atoms with Crippen LogP contribution in [0.2, 0.25) is 0 Å². The van der Waals surface area contributed by atoms with Crippen LogP contribution in [0, 0.1) is 5.92 Å². The molecular weight excluding hydrogens is 302 g/mol. The van der Waals surface area contributed by atoms with E-state index in [2.05, 4.69) is 29.4 Å². The second-order valence-electron chi connectivity index (χ2n) is 6.40. The summed E-state index contributed by atoms with van der Waals surface area (Å²) in [5, 5.41) is 5.98. The molecule has 0 spiro atoms. The molecular formula is C19H29N3O2. The van der Waals surface area contributed by atoms with Gasteiger partial charge in [0.2, 0.25) is 11.8 Å². The number of piperidine rings is 1. The number of hydrogen-bond donors (Lipinski definition) is 2. The molecule has 0 bridgehead atoms. The Morgan fingerprint density at radius 3 is 2.54 bits per heavy atom. The zero-order chi connectivity index (χ0) is 17.4. The van der Waals surface area contributed by atoms with Crippen molar-refractivity contribution in [1.82, 2.24) is 10.2 Å². The number of likely N-dealkylation sites (tertiary alicyclic amines) is 1. The molecule has 2 rings (SSSR count). The Kier molecular flexibility index (Phi) is 7.25. The van der Waals surface area contributed by atoms with E-state index in [4.69, 9.17) is 0 Å². The van der Waals surface area contributed by atoms with Crippen molar-refractivity contribution in [1.29, 1.82) is 0 Å². The van der Waals surface area contributed by atoms with Crippen LogP contribution in [0.1, 0.15) is 38.7 Å². The number of hydrogen-bond acceptors (Lipinski definition) is 3. The molecule has 1 aromatic rings. The molecule has 0 atom stereocenters. The molecule has 1 saturated heterocycles. The quantitative estimate of drug-likeness (QED) is 0.807. The first-order valence-electron chi connectivity index (χ1n) is 9.01. The number of amides is 2. The predicted octanol–water partition coefficient (Wildman–Crippen LogP) is 2.43. The van der Waals surface area contributed by atoms with Crippen LogP contribution in [-0.2, 0) is 16.0 Å². The molecule has 0 saturated carbocycles. The van der Waals surface area contributed by atoms with Crippen LogP contribution in [-0.4, -0.2) is 42.9 Å². The molecule has 0 aromatic heterocycles. The molecule has 1 aliphatic heterocycles. The van der Waals surface area contributed by atoms with Crippen molar-refractivity contribution < 1.29 is 9.59 Å². The number of rotatable bonds is 7. The third-order valence-corrected chi connectivity index (χ3v) is 4.55. The van der Waals surface area contributed by atoms with Crippen molar-refractivity contribution in [2.24, 2.45) is 5.92 Å². The van der Waals surface area contributed by atoms with Crippen LogP contribution >= 0.6 is 0 Å². The highest BCUT2D eigenvalue weighted by atomic mass is 16.2. The van der Waals surface area contributed by atoms with Crippen LogP contribution in [0.3, 0.4) is 0 Å². The topological polar surface area (TPSA) is 61.4 Å². The van der Waals surface area contributed by atoms with Crippen LogP contribution in [0.4, 0.5) is 5.69 Å². The van der Waals surface area contributed by atoms with Crippen molar-refractivity contribution in [3.8, 4) is 0 Å². The smallest absolute Gasteiger partial charge is 0.238 e. The monoisotopic (exact) mass is 331 g/mol. The molecule has 0 radical (unpaired) electrons. The van der Waals surface area contributed by atoms with Crippen LogP contribution < -0.4 is 10.6 Å². The lowest BCUT2D eigenvalue weighted by molar-refractivity contribution is -0.126. The maximum absolute atomic E-state index is 12.3. The summed E-state index contributed by atoms with van der Waals surface area (Å²) in [6.45, 7) is 6.87. The normalized spacial score (nSPS) is 15.9. The van der Waals surface area contributed by atoms with E-state index in [-0.39, 0.29) is 17.7 Å². The zero-order valence-electron chi connectivity index (χ0n) is 14.8. The maximum atomic E-state index is 12.3. The minimum Gasteiger partial charge on any atom is -0.356 e. The molecule has 0 aliphatic carbocycles. The summed E-state index contributed by atoms with van der Waals surface area (Å²) in [5.41, 5.74) is 2.05. The van der Waals surface area contributed by atoms with Crippen molar-refractivity contribution in [3.63, 3.8) is 0 Å². The zero-order valence-corrected chi connectivity index (χ0v) is 14.8. The Balaban J connectivity index is 1.77. The van der Waals surface area contributed by atoms with Crippen molar-refractivity contribution in [3.05, 3.63) is 29.8 Å². The van der Waals surface area contributed by atoms with Gasteiger partial charge in [0.25, 0.3) is 0 Å². The second kappa shape index (κ2) is 9.42.